The zero-order chi connectivity index (χ0) is 19.2. The van der Waals surface area contributed by atoms with Crippen molar-refractivity contribution in [2.75, 3.05) is 26.2 Å². The number of rotatable bonds is 6. The first kappa shape index (κ1) is 19.3. The summed E-state index contributed by atoms with van der Waals surface area (Å²) in [5.41, 5.74) is 1.76. The van der Waals surface area contributed by atoms with E-state index in [4.69, 9.17) is 0 Å². The minimum atomic E-state index is 0.0207. The highest BCUT2D eigenvalue weighted by Crippen LogP contribution is 2.15. The normalized spacial score (nSPS) is 14.3. The molecule has 1 aromatic heterocycles. The Hall–Kier alpha value is -2.47. The Kier molecular flexibility index (Phi) is 6.40. The van der Waals surface area contributed by atoms with Gasteiger partial charge >= 0.3 is 0 Å². The number of amides is 2. The van der Waals surface area contributed by atoms with Gasteiger partial charge in [0.25, 0.3) is 5.91 Å². The molecule has 3 rings (SSSR count). The topological polar surface area (TPSA) is 57.7 Å². The monoisotopic (exact) mass is 384 g/mol. The lowest BCUT2D eigenvalue weighted by Gasteiger charge is -2.35. The van der Waals surface area contributed by atoms with Crippen LogP contribution < -0.4 is 0 Å². The molecule has 0 radical (unpaired) electrons. The number of piperazine rings is 1. The summed E-state index contributed by atoms with van der Waals surface area (Å²) >= 11 is 1.44. The maximum absolute atomic E-state index is 12.6. The van der Waals surface area contributed by atoms with Crippen LogP contribution in [0.25, 0.3) is 0 Å². The molecule has 0 bridgehead atoms. The van der Waals surface area contributed by atoms with E-state index in [2.05, 4.69) is 0 Å². The average Bonchev–Trinajstić information content (AvgIpc) is 3.22. The number of Topliss-reactive ketones (excluding diaryl/α,β-unsaturated/α-hetero) is 1. The molecule has 1 saturated heterocycles. The molecule has 0 spiro atoms. The number of carbonyl (C=O) groups is 3. The van der Waals surface area contributed by atoms with E-state index in [-0.39, 0.29) is 17.6 Å². The lowest BCUT2D eigenvalue weighted by Crippen LogP contribution is -2.50. The van der Waals surface area contributed by atoms with Crippen LogP contribution in [0.15, 0.2) is 41.8 Å². The third-order valence-electron chi connectivity index (χ3n) is 4.78. The lowest BCUT2D eigenvalue weighted by molar-refractivity contribution is -0.132. The van der Waals surface area contributed by atoms with Gasteiger partial charge in [-0.15, -0.1) is 11.3 Å². The van der Waals surface area contributed by atoms with Crippen molar-refractivity contribution in [1.82, 2.24) is 9.80 Å². The number of thiophene rings is 1. The summed E-state index contributed by atoms with van der Waals surface area (Å²) in [6.45, 7) is 4.17. The average molecular weight is 385 g/mol. The third-order valence-corrected chi connectivity index (χ3v) is 5.69. The molecule has 27 heavy (non-hydrogen) atoms. The Morgan fingerprint density at radius 1 is 0.963 bits per heavy atom. The van der Waals surface area contributed by atoms with Crippen molar-refractivity contribution in [3.8, 4) is 0 Å². The van der Waals surface area contributed by atoms with Crippen LogP contribution >= 0.6 is 11.3 Å². The predicted octanol–water partition coefficient (Wildman–Crippen LogP) is 3.39. The van der Waals surface area contributed by atoms with Crippen molar-refractivity contribution in [2.24, 2.45) is 0 Å². The summed E-state index contributed by atoms with van der Waals surface area (Å²) in [4.78, 5) is 41.3. The number of aryl methyl sites for hydroxylation is 1. The molecule has 0 aliphatic carbocycles. The minimum Gasteiger partial charge on any atom is -0.339 e. The molecular weight excluding hydrogens is 360 g/mol. The van der Waals surface area contributed by atoms with Gasteiger partial charge in [-0.3, -0.25) is 14.4 Å². The highest BCUT2D eigenvalue weighted by Gasteiger charge is 2.24. The van der Waals surface area contributed by atoms with Gasteiger partial charge in [-0.25, -0.2) is 0 Å². The van der Waals surface area contributed by atoms with E-state index in [1.165, 1.54) is 11.3 Å². The zero-order valence-corrected chi connectivity index (χ0v) is 16.3. The first-order valence-corrected chi connectivity index (χ1v) is 10.1. The van der Waals surface area contributed by atoms with Crippen LogP contribution in [0.1, 0.15) is 44.9 Å². The SMILES string of the molecule is Cc1cccc(C(=O)N2CCN(C(=O)CCCC(=O)c3cccs3)CC2)c1. The van der Waals surface area contributed by atoms with Crippen molar-refractivity contribution in [3.05, 3.63) is 57.8 Å². The predicted molar refractivity (Wildman–Crippen MR) is 106 cm³/mol. The molecule has 0 saturated carbocycles. The van der Waals surface area contributed by atoms with Crippen LogP contribution in [0, 0.1) is 6.92 Å². The minimum absolute atomic E-state index is 0.0207. The molecule has 0 unspecified atom stereocenters. The smallest absolute Gasteiger partial charge is 0.253 e. The Bertz CT molecular complexity index is 809. The summed E-state index contributed by atoms with van der Waals surface area (Å²) in [5, 5.41) is 1.88. The van der Waals surface area contributed by atoms with Gasteiger partial charge in [0.1, 0.15) is 0 Å². The number of benzene rings is 1. The maximum Gasteiger partial charge on any atom is 0.253 e. The van der Waals surface area contributed by atoms with Crippen LogP contribution in [-0.2, 0) is 4.79 Å². The van der Waals surface area contributed by atoms with Crippen molar-refractivity contribution in [3.63, 3.8) is 0 Å². The first-order valence-electron chi connectivity index (χ1n) is 9.25. The summed E-state index contributed by atoms with van der Waals surface area (Å²) < 4.78 is 0. The second kappa shape index (κ2) is 8.95. The van der Waals surface area contributed by atoms with Crippen LogP contribution in [-0.4, -0.2) is 53.6 Å². The Morgan fingerprint density at radius 2 is 1.70 bits per heavy atom. The van der Waals surface area contributed by atoms with Gasteiger partial charge < -0.3 is 9.80 Å². The molecule has 2 amide bonds. The van der Waals surface area contributed by atoms with Gasteiger partial charge in [0.15, 0.2) is 5.78 Å². The van der Waals surface area contributed by atoms with E-state index in [9.17, 15) is 14.4 Å². The fourth-order valence-electron chi connectivity index (χ4n) is 3.24. The number of nitrogens with zero attached hydrogens (tertiary/aromatic N) is 2. The number of carbonyl (C=O) groups excluding carboxylic acids is 3. The molecule has 2 heterocycles. The van der Waals surface area contributed by atoms with Crippen LogP contribution in [0.2, 0.25) is 0 Å². The first-order chi connectivity index (χ1) is 13.0. The molecular formula is C21H24N2O3S. The van der Waals surface area contributed by atoms with Gasteiger partial charge in [0.2, 0.25) is 5.91 Å². The third kappa shape index (κ3) is 5.04. The fourth-order valence-corrected chi connectivity index (χ4v) is 3.93. The van der Waals surface area contributed by atoms with E-state index in [1.54, 1.807) is 9.80 Å². The highest BCUT2D eigenvalue weighted by molar-refractivity contribution is 7.12. The quantitative estimate of drug-likeness (QED) is 0.718. The second-order valence-corrected chi connectivity index (χ2v) is 7.74. The van der Waals surface area contributed by atoms with Gasteiger partial charge in [-0.05, 0) is 36.9 Å². The fraction of sp³-hybridized carbons (Fsp3) is 0.381. The largest absolute Gasteiger partial charge is 0.339 e. The molecule has 1 aliphatic rings. The summed E-state index contributed by atoms with van der Waals surface area (Å²) in [5.74, 6) is 0.190. The molecule has 6 heteroatoms. The standard InChI is InChI=1S/C21H24N2O3S/c1-16-5-2-6-17(15-16)21(26)23-12-10-22(11-13-23)20(25)9-3-7-18(24)19-8-4-14-27-19/h2,4-6,8,14-15H,3,7,9-13H2,1H3. The number of ketones is 1. The number of hydrogen-bond acceptors (Lipinski definition) is 4. The van der Waals surface area contributed by atoms with Gasteiger partial charge in [0, 0.05) is 44.6 Å². The van der Waals surface area contributed by atoms with Gasteiger partial charge in [-0.1, -0.05) is 23.8 Å². The summed E-state index contributed by atoms with van der Waals surface area (Å²) in [7, 11) is 0. The molecule has 0 atom stereocenters. The maximum atomic E-state index is 12.6. The van der Waals surface area contributed by atoms with Crippen LogP contribution in [0.3, 0.4) is 0 Å². The van der Waals surface area contributed by atoms with Crippen molar-refractivity contribution < 1.29 is 14.4 Å². The van der Waals surface area contributed by atoms with Crippen molar-refractivity contribution >= 4 is 28.9 Å². The lowest BCUT2D eigenvalue weighted by atomic mass is 10.1. The molecule has 142 valence electrons. The van der Waals surface area contributed by atoms with E-state index in [0.29, 0.717) is 51.0 Å². The summed E-state index contributed by atoms with van der Waals surface area (Å²) in [6, 6.07) is 11.3. The molecule has 1 aromatic carbocycles. The van der Waals surface area contributed by atoms with E-state index in [0.717, 1.165) is 10.4 Å². The molecule has 1 aliphatic heterocycles. The molecule has 2 aromatic rings. The van der Waals surface area contributed by atoms with E-state index in [1.807, 2.05) is 48.7 Å². The Balaban J connectivity index is 1.42. The van der Waals surface area contributed by atoms with Gasteiger partial charge in [-0.2, -0.15) is 0 Å². The second-order valence-electron chi connectivity index (χ2n) is 6.80. The van der Waals surface area contributed by atoms with Crippen molar-refractivity contribution in [1.29, 1.82) is 0 Å². The number of hydrogen-bond donors (Lipinski definition) is 0. The van der Waals surface area contributed by atoms with Gasteiger partial charge in [0.05, 0.1) is 4.88 Å². The van der Waals surface area contributed by atoms with E-state index < -0.39 is 0 Å². The molecule has 0 N–H and O–H groups in total. The molecule has 1 fully saturated rings. The molecule has 5 nitrogen and oxygen atoms in total. The summed E-state index contributed by atoms with van der Waals surface area (Å²) in [6.07, 6.45) is 1.35. The Labute approximate surface area is 163 Å². The van der Waals surface area contributed by atoms with E-state index >= 15 is 0 Å². The zero-order valence-electron chi connectivity index (χ0n) is 15.5. The van der Waals surface area contributed by atoms with Crippen molar-refractivity contribution in [2.45, 2.75) is 26.2 Å². The van der Waals surface area contributed by atoms with Crippen LogP contribution in [0.4, 0.5) is 0 Å². The van der Waals surface area contributed by atoms with Crippen LogP contribution in [0.5, 0.6) is 0 Å². The Morgan fingerprint density at radius 3 is 2.37 bits per heavy atom. The highest BCUT2D eigenvalue weighted by atomic mass is 32.1.